The zero-order chi connectivity index (χ0) is 19.5. The molecule has 1 fully saturated rings. The topological polar surface area (TPSA) is 75.7 Å². The summed E-state index contributed by atoms with van der Waals surface area (Å²) < 4.78 is 3.24. The number of thioether (sulfide) groups is 2. The second-order valence-corrected chi connectivity index (χ2v) is 10.6. The Morgan fingerprint density at radius 2 is 2.19 bits per heavy atom. The van der Waals surface area contributed by atoms with E-state index in [0.717, 1.165) is 0 Å². The number of amides is 2. The van der Waals surface area contributed by atoms with Crippen LogP contribution in [0.15, 0.2) is 24.4 Å². The lowest BCUT2D eigenvalue weighted by atomic mass is 10.0. The van der Waals surface area contributed by atoms with Crippen LogP contribution < -0.4 is 5.32 Å². The van der Waals surface area contributed by atoms with Crippen molar-refractivity contribution in [2.75, 3.05) is 18.1 Å². The van der Waals surface area contributed by atoms with Crippen LogP contribution in [0.1, 0.15) is 6.92 Å². The molecule has 0 saturated carbocycles. The summed E-state index contributed by atoms with van der Waals surface area (Å²) in [5, 5.41) is 2.30. The minimum Gasteiger partial charge on any atom is -0.456 e. The van der Waals surface area contributed by atoms with Gasteiger partial charge in [0.1, 0.15) is 23.7 Å². The van der Waals surface area contributed by atoms with Gasteiger partial charge >= 0.3 is 5.97 Å². The van der Waals surface area contributed by atoms with Gasteiger partial charge in [0.2, 0.25) is 9.70 Å². The van der Waals surface area contributed by atoms with Crippen molar-refractivity contribution in [1.82, 2.24) is 10.2 Å². The molecule has 0 bridgehead atoms. The van der Waals surface area contributed by atoms with Crippen molar-refractivity contribution in [2.24, 2.45) is 0 Å². The Bertz CT molecular complexity index is 639. The number of hydrogen-bond acceptors (Lipinski definition) is 6. The molecule has 3 unspecified atom stereocenters. The van der Waals surface area contributed by atoms with Crippen LogP contribution in [0.5, 0.6) is 0 Å². The number of carbonyl (C=O) groups is 3. The molecular weight excluding hydrogens is 443 g/mol. The molecule has 1 saturated heterocycles. The van der Waals surface area contributed by atoms with Crippen molar-refractivity contribution in [3.8, 4) is 0 Å². The Morgan fingerprint density at radius 3 is 2.81 bits per heavy atom. The molecule has 0 aromatic carbocycles. The van der Waals surface area contributed by atoms with E-state index in [1.54, 1.807) is 12.2 Å². The average molecular weight is 460 g/mol. The maximum absolute atomic E-state index is 12.4. The van der Waals surface area contributed by atoms with E-state index in [4.69, 9.17) is 39.5 Å². The van der Waals surface area contributed by atoms with E-state index in [1.165, 1.54) is 28.4 Å². The first-order valence-corrected chi connectivity index (χ1v) is 10.8. The van der Waals surface area contributed by atoms with Crippen LogP contribution in [0.4, 0.5) is 0 Å². The average Bonchev–Trinajstić information content (AvgIpc) is 2.56. The third-order valence-corrected chi connectivity index (χ3v) is 6.00. The summed E-state index contributed by atoms with van der Waals surface area (Å²) in [4.78, 5) is 38.0. The first-order chi connectivity index (χ1) is 12.1. The Hall–Kier alpha value is -0.540. The third-order valence-electron chi connectivity index (χ3n) is 3.41. The maximum Gasteiger partial charge on any atom is 0.354 e. The largest absolute Gasteiger partial charge is 0.456 e. The van der Waals surface area contributed by atoms with E-state index in [-0.39, 0.29) is 33.9 Å². The molecule has 0 aromatic rings. The van der Waals surface area contributed by atoms with Crippen LogP contribution in [0, 0.1) is 0 Å². The number of fused-ring (bicyclic) bond motifs is 1. The molecule has 0 radical (unpaired) electrons. The molecule has 144 valence electrons. The molecule has 2 amide bonds. The smallest absolute Gasteiger partial charge is 0.354 e. The fourth-order valence-electron chi connectivity index (χ4n) is 2.39. The summed E-state index contributed by atoms with van der Waals surface area (Å²) in [6, 6.07) is -0.677. The van der Waals surface area contributed by atoms with E-state index in [2.05, 4.69) is 11.9 Å². The number of nitrogens with one attached hydrogen (secondary N) is 1. The monoisotopic (exact) mass is 458 g/mol. The quantitative estimate of drug-likeness (QED) is 0.207. The number of rotatable bonds is 7. The molecule has 0 aromatic heterocycles. The van der Waals surface area contributed by atoms with Crippen LogP contribution >= 0.6 is 58.3 Å². The lowest BCUT2D eigenvalue weighted by Crippen LogP contribution is -2.70. The molecule has 2 heterocycles. The van der Waals surface area contributed by atoms with Crippen molar-refractivity contribution in [3.63, 3.8) is 0 Å². The minimum absolute atomic E-state index is 0.0470. The SMILES string of the molecule is C=CCSCC(=O)NC1C(=O)N2C(C(=O)OCC(Cl)(Cl)Cl)=CC(C)SC12. The number of ether oxygens (including phenoxy) is 1. The highest BCUT2D eigenvalue weighted by molar-refractivity contribution is 8.00. The highest BCUT2D eigenvalue weighted by Crippen LogP contribution is 2.41. The number of nitrogens with zero attached hydrogens (tertiary/aromatic N) is 1. The molecule has 2 aliphatic heterocycles. The van der Waals surface area contributed by atoms with E-state index in [0.29, 0.717) is 5.75 Å². The van der Waals surface area contributed by atoms with Gasteiger partial charge in [0.25, 0.3) is 5.91 Å². The number of hydrogen-bond donors (Lipinski definition) is 1. The summed E-state index contributed by atoms with van der Waals surface area (Å²) in [5.41, 5.74) is 0.104. The van der Waals surface area contributed by atoms with Gasteiger partial charge in [0.15, 0.2) is 0 Å². The second kappa shape index (κ2) is 9.10. The summed E-state index contributed by atoms with van der Waals surface area (Å²) >= 11 is 19.6. The highest BCUT2D eigenvalue weighted by atomic mass is 35.6. The Kier molecular flexibility index (Phi) is 7.62. The summed E-state index contributed by atoms with van der Waals surface area (Å²) in [6.07, 6.45) is 3.32. The van der Waals surface area contributed by atoms with Crippen LogP contribution in [-0.2, 0) is 19.1 Å². The zero-order valence-electron chi connectivity index (χ0n) is 13.7. The van der Waals surface area contributed by atoms with Crippen LogP contribution in [0.3, 0.4) is 0 Å². The Labute approximate surface area is 175 Å². The van der Waals surface area contributed by atoms with E-state index >= 15 is 0 Å². The van der Waals surface area contributed by atoms with Gasteiger partial charge in [-0.05, 0) is 13.0 Å². The van der Waals surface area contributed by atoms with Gasteiger partial charge < -0.3 is 10.1 Å². The summed E-state index contributed by atoms with van der Waals surface area (Å²) in [5.74, 6) is -0.467. The molecule has 6 nitrogen and oxygen atoms in total. The van der Waals surface area contributed by atoms with Crippen molar-refractivity contribution < 1.29 is 19.1 Å². The minimum atomic E-state index is -1.73. The highest BCUT2D eigenvalue weighted by Gasteiger charge is 2.54. The predicted molar refractivity (Wildman–Crippen MR) is 106 cm³/mol. The lowest BCUT2D eigenvalue weighted by molar-refractivity contribution is -0.152. The fourth-order valence-corrected chi connectivity index (χ4v) is 4.44. The zero-order valence-corrected chi connectivity index (χ0v) is 17.6. The Morgan fingerprint density at radius 1 is 1.50 bits per heavy atom. The number of esters is 1. The maximum atomic E-state index is 12.4. The molecule has 11 heteroatoms. The molecule has 2 rings (SSSR count). The van der Waals surface area contributed by atoms with E-state index < -0.39 is 22.4 Å². The fraction of sp³-hybridized carbons (Fsp3) is 0.533. The standard InChI is InChI=1S/C15H17Cl3N2O4S2/c1-3-4-25-6-10(21)19-11-12(22)20-9(5-8(2)26-13(11)20)14(23)24-7-15(16,17)18/h3,5,8,11,13H,1,4,6-7H2,2H3,(H,19,21). The molecule has 0 spiro atoms. The predicted octanol–water partition coefficient (Wildman–Crippen LogP) is 2.49. The van der Waals surface area contributed by atoms with Gasteiger partial charge in [-0.25, -0.2) is 4.79 Å². The van der Waals surface area contributed by atoms with Crippen LogP contribution in [0.2, 0.25) is 0 Å². The number of carbonyl (C=O) groups excluding carboxylic acids is 3. The number of halogens is 3. The van der Waals surface area contributed by atoms with Crippen molar-refractivity contribution >= 4 is 76.1 Å². The first-order valence-electron chi connectivity index (χ1n) is 7.56. The van der Waals surface area contributed by atoms with Crippen molar-refractivity contribution in [2.45, 2.75) is 27.4 Å². The Balaban J connectivity index is 1.99. The first kappa shape index (κ1) is 21.8. The molecule has 1 N–H and O–H groups in total. The summed E-state index contributed by atoms with van der Waals surface area (Å²) in [7, 11) is 0. The third kappa shape index (κ3) is 5.48. The lowest BCUT2D eigenvalue weighted by Gasteiger charge is -2.49. The number of β-lactam (4-membered cyclic amide) rings is 1. The summed E-state index contributed by atoms with van der Waals surface area (Å²) in [6.45, 7) is 5.04. The van der Waals surface area contributed by atoms with Crippen LogP contribution in [-0.4, -0.2) is 61.3 Å². The second-order valence-electron chi connectivity index (χ2n) is 5.53. The van der Waals surface area contributed by atoms with Gasteiger partial charge in [-0.2, -0.15) is 0 Å². The molecule has 3 atom stereocenters. The molecular formula is C15H17Cl3N2O4S2. The van der Waals surface area contributed by atoms with Crippen molar-refractivity contribution in [1.29, 1.82) is 0 Å². The van der Waals surface area contributed by atoms with Gasteiger partial charge in [0.05, 0.1) is 5.75 Å². The normalized spacial score (nSPS) is 24.9. The van der Waals surface area contributed by atoms with E-state index in [9.17, 15) is 14.4 Å². The van der Waals surface area contributed by atoms with Crippen LogP contribution in [0.25, 0.3) is 0 Å². The molecule has 26 heavy (non-hydrogen) atoms. The van der Waals surface area contributed by atoms with Gasteiger partial charge in [0, 0.05) is 11.0 Å². The molecule has 2 aliphatic rings. The van der Waals surface area contributed by atoms with E-state index in [1.807, 2.05) is 6.92 Å². The molecule has 0 aliphatic carbocycles. The number of alkyl halides is 3. The van der Waals surface area contributed by atoms with Gasteiger partial charge in [-0.15, -0.1) is 30.1 Å². The van der Waals surface area contributed by atoms with Crippen molar-refractivity contribution in [3.05, 3.63) is 24.4 Å². The van der Waals surface area contributed by atoms with Gasteiger partial charge in [-0.1, -0.05) is 40.9 Å². The van der Waals surface area contributed by atoms with Gasteiger partial charge in [-0.3, -0.25) is 14.5 Å².